The zero-order valence-electron chi connectivity index (χ0n) is 12.3. The lowest BCUT2D eigenvalue weighted by molar-refractivity contribution is 0.239. The van der Waals surface area contributed by atoms with E-state index in [0.29, 0.717) is 12.3 Å². The highest BCUT2D eigenvalue weighted by Crippen LogP contribution is 2.26. The number of rotatable bonds is 3. The Bertz CT molecular complexity index is 658. The van der Waals surface area contributed by atoms with Crippen LogP contribution in [0.4, 0.5) is 0 Å². The summed E-state index contributed by atoms with van der Waals surface area (Å²) < 4.78 is 5.11. The van der Waals surface area contributed by atoms with Gasteiger partial charge in [0.15, 0.2) is 0 Å². The normalized spacial score (nSPS) is 14.8. The number of phenols is 1. The Morgan fingerprint density at radius 1 is 1.38 bits per heavy atom. The number of nitrogens with zero attached hydrogens (tertiary/aromatic N) is 3. The predicted octanol–water partition coefficient (Wildman–Crippen LogP) is 2.06. The molecule has 0 atom stereocenters. The van der Waals surface area contributed by atoms with Crippen molar-refractivity contribution in [2.24, 2.45) is 0 Å². The van der Waals surface area contributed by atoms with E-state index in [-0.39, 0.29) is 5.75 Å². The lowest BCUT2D eigenvalue weighted by atomic mass is 10.1. The highest BCUT2D eigenvalue weighted by Gasteiger charge is 2.19. The molecule has 5 nitrogen and oxygen atoms in total. The minimum atomic E-state index is 0.278. The molecule has 0 amide bonds. The summed E-state index contributed by atoms with van der Waals surface area (Å²) in [5.41, 5.74) is 3.24. The van der Waals surface area contributed by atoms with E-state index < -0.39 is 0 Å². The van der Waals surface area contributed by atoms with Crippen molar-refractivity contribution in [1.82, 2.24) is 14.9 Å². The monoisotopic (exact) mass is 285 g/mol. The van der Waals surface area contributed by atoms with Crippen LogP contribution in [0.25, 0.3) is 0 Å². The first-order chi connectivity index (χ1) is 10.2. The molecule has 0 aliphatic carbocycles. The number of methoxy groups -OCH3 is 1. The Morgan fingerprint density at radius 2 is 2.24 bits per heavy atom. The molecule has 0 saturated carbocycles. The number of fused-ring (bicyclic) bond motifs is 1. The summed E-state index contributed by atoms with van der Waals surface area (Å²) in [7, 11) is 1.60. The van der Waals surface area contributed by atoms with Gasteiger partial charge in [-0.05, 0) is 13.0 Å². The van der Waals surface area contributed by atoms with Crippen molar-refractivity contribution >= 4 is 0 Å². The van der Waals surface area contributed by atoms with E-state index in [1.165, 1.54) is 5.56 Å². The average Bonchev–Trinajstić information content (AvgIpc) is 2.49. The van der Waals surface area contributed by atoms with Gasteiger partial charge < -0.3 is 9.84 Å². The van der Waals surface area contributed by atoms with Gasteiger partial charge in [0.05, 0.1) is 7.11 Å². The lowest BCUT2D eigenvalue weighted by Crippen LogP contribution is -2.31. The van der Waals surface area contributed by atoms with Crippen molar-refractivity contribution in [3.05, 3.63) is 47.0 Å². The van der Waals surface area contributed by atoms with Crippen LogP contribution in [0.15, 0.2) is 24.4 Å². The molecule has 2 aromatic rings. The van der Waals surface area contributed by atoms with Crippen LogP contribution in [0, 0.1) is 6.92 Å². The molecule has 0 spiro atoms. The molecular weight excluding hydrogens is 266 g/mol. The van der Waals surface area contributed by atoms with Gasteiger partial charge in [-0.2, -0.15) is 0 Å². The summed E-state index contributed by atoms with van der Waals surface area (Å²) >= 11 is 0. The molecule has 0 fully saturated rings. The van der Waals surface area contributed by atoms with E-state index in [1.807, 2.05) is 25.3 Å². The summed E-state index contributed by atoms with van der Waals surface area (Å²) in [5, 5.41) is 10.1. The average molecular weight is 285 g/mol. The topological polar surface area (TPSA) is 58.5 Å². The molecule has 1 aromatic carbocycles. The van der Waals surface area contributed by atoms with Crippen molar-refractivity contribution in [2.75, 3.05) is 13.7 Å². The molecule has 1 aliphatic rings. The van der Waals surface area contributed by atoms with Crippen molar-refractivity contribution < 1.29 is 9.84 Å². The first-order valence-corrected chi connectivity index (χ1v) is 7.05. The molecule has 2 heterocycles. The van der Waals surface area contributed by atoms with Gasteiger partial charge in [0.25, 0.3) is 0 Å². The molecular formula is C16H19N3O2. The van der Waals surface area contributed by atoms with Crippen LogP contribution in [0.3, 0.4) is 0 Å². The third-order valence-electron chi connectivity index (χ3n) is 3.82. The Labute approximate surface area is 124 Å². The van der Waals surface area contributed by atoms with Gasteiger partial charge in [-0.15, -0.1) is 0 Å². The van der Waals surface area contributed by atoms with Crippen LogP contribution in [-0.2, 0) is 19.5 Å². The Hall–Kier alpha value is -2.14. The summed E-state index contributed by atoms with van der Waals surface area (Å²) in [6.07, 6.45) is 2.84. The standard InChI is InChI=1S/C16H19N3O2/c1-11-17-8-13-10-19(6-5-15(13)18-11)9-12-3-4-14(21-2)7-16(12)20/h3-4,7-8,20H,5-6,9-10H2,1-2H3. The minimum Gasteiger partial charge on any atom is -0.507 e. The van der Waals surface area contributed by atoms with E-state index in [9.17, 15) is 5.11 Å². The van der Waals surface area contributed by atoms with Gasteiger partial charge in [-0.25, -0.2) is 9.97 Å². The maximum atomic E-state index is 10.1. The highest BCUT2D eigenvalue weighted by atomic mass is 16.5. The zero-order chi connectivity index (χ0) is 14.8. The molecule has 1 aliphatic heterocycles. The molecule has 5 heteroatoms. The molecule has 3 rings (SSSR count). The fourth-order valence-corrected chi connectivity index (χ4v) is 2.65. The van der Waals surface area contributed by atoms with Crippen LogP contribution >= 0.6 is 0 Å². The first kappa shape index (κ1) is 13.8. The molecule has 0 saturated heterocycles. The lowest BCUT2D eigenvalue weighted by Gasteiger charge is -2.28. The maximum absolute atomic E-state index is 10.1. The number of hydrogen-bond acceptors (Lipinski definition) is 5. The molecule has 0 radical (unpaired) electrons. The van der Waals surface area contributed by atoms with E-state index in [2.05, 4.69) is 14.9 Å². The van der Waals surface area contributed by atoms with Crippen molar-refractivity contribution in [1.29, 1.82) is 0 Å². The number of aromatic nitrogens is 2. The number of hydrogen-bond donors (Lipinski definition) is 1. The van der Waals surface area contributed by atoms with Crippen LogP contribution in [0.1, 0.15) is 22.6 Å². The molecule has 0 unspecified atom stereocenters. The molecule has 1 N–H and O–H groups in total. The first-order valence-electron chi connectivity index (χ1n) is 7.05. The molecule has 1 aromatic heterocycles. The third-order valence-corrected chi connectivity index (χ3v) is 3.82. The second-order valence-electron chi connectivity index (χ2n) is 5.34. The Balaban J connectivity index is 1.74. The van der Waals surface area contributed by atoms with Crippen LogP contribution < -0.4 is 4.74 Å². The summed E-state index contributed by atoms with van der Waals surface area (Å²) in [4.78, 5) is 11.1. The van der Waals surface area contributed by atoms with E-state index in [4.69, 9.17) is 4.74 Å². The Morgan fingerprint density at radius 3 is 3.00 bits per heavy atom. The quantitative estimate of drug-likeness (QED) is 0.935. The third kappa shape index (κ3) is 2.97. The number of benzene rings is 1. The molecule has 0 bridgehead atoms. The number of ether oxygens (including phenoxy) is 1. The fourth-order valence-electron chi connectivity index (χ4n) is 2.65. The predicted molar refractivity (Wildman–Crippen MR) is 79.2 cm³/mol. The fraction of sp³-hybridized carbons (Fsp3) is 0.375. The van der Waals surface area contributed by atoms with Gasteiger partial charge in [-0.1, -0.05) is 6.07 Å². The van der Waals surface area contributed by atoms with E-state index in [1.54, 1.807) is 13.2 Å². The van der Waals surface area contributed by atoms with Gasteiger partial charge in [0.1, 0.15) is 17.3 Å². The van der Waals surface area contributed by atoms with Crippen LogP contribution in [0.2, 0.25) is 0 Å². The SMILES string of the molecule is COc1ccc(CN2CCc3nc(C)ncc3C2)c(O)c1. The van der Waals surface area contributed by atoms with Gasteiger partial charge in [-0.3, -0.25) is 4.90 Å². The zero-order valence-corrected chi connectivity index (χ0v) is 12.3. The second-order valence-corrected chi connectivity index (χ2v) is 5.34. The van der Waals surface area contributed by atoms with Crippen LogP contribution in [-0.4, -0.2) is 33.6 Å². The number of phenolic OH excluding ortho intramolecular Hbond substituents is 1. The molecule has 110 valence electrons. The minimum absolute atomic E-state index is 0.278. The number of aromatic hydroxyl groups is 1. The maximum Gasteiger partial charge on any atom is 0.125 e. The van der Waals surface area contributed by atoms with Crippen molar-refractivity contribution in [3.63, 3.8) is 0 Å². The van der Waals surface area contributed by atoms with Crippen molar-refractivity contribution in [2.45, 2.75) is 26.4 Å². The summed E-state index contributed by atoms with van der Waals surface area (Å²) in [6, 6.07) is 5.44. The second kappa shape index (κ2) is 5.69. The van der Waals surface area contributed by atoms with Gasteiger partial charge in [0.2, 0.25) is 0 Å². The summed E-state index contributed by atoms with van der Waals surface area (Å²) in [6.45, 7) is 4.39. The van der Waals surface area contributed by atoms with Gasteiger partial charge >= 0.3 is 0 Å². The smallest absolute Gasteiger partial charge is 0.125 e. The van der Waals surface area contributed by atoms with E-state index in [0.717, 1.165) is 36.6 Å². The Kier molecular flexibility index (Phi) is 3.75. The molecule has 21 heavy (non-hydrogen) atoms. The van der Waals surface area contributed by atoms with E-state index >= 15 is 0 Å². The number of aryl methyl sites for hydroxylation is 1. The van der Waals surface area contributed by atoms with Gasteiger partial charge in [0, 0.05) is 55.1 Å². The largest absolute Gasteiger partial charge is 0.507 e. The van der Waals surface area contributed by atoms with Crippen molar-refractivity contribution in [3.8, 4) is 11.5 Å². The highest BCUT2D eigenvalue weighted by molar-refractivity contribution is 5.39. The summed E-state index contributed by atoms with van der Waals surface area (Å²) in [5.74, 6) is 1.78. The van der Waals surface area contributed by atoms with Crippen LogP contribution in [0.5, 0.6) is 11.5 Å².